The van der Waals surface area contributed by atoms with Crippen molar-refractivity contribution in [3.8, 4) is 0 Å². The van der Waals surface area contributed by atoms with Crippen LogP contribution in [-0.4, -0.2) is 14.1 Å². The summed E-state index contributed by atoms with van der Waals surface area (Å²) in [5.41, 5.74) is 3.75. The summed E-state index contributed by atoms with van der Waals surface area (Å²) in [4.78, 5) is 3.16. The molecule has 0 saturated carbocycles. The van der Waals surface area contributed by atoms with Crippen molar-refractivity contribution in [3.05, 3.63) is 23.3 Å². The number of nitrogens with zero attached hydrogens (tertiary/aromatic N) is 1. The predicted octanol–water partition coefficient (Wildman–Crippen LogP) is 2.66. The van der Waals surface area contributed by atoms with Crippen molar-refractivity contribution in [1.29, 1.82) is 0 Å². The molecule has 0 radical (unpaired) electrons. The molecule has 0 N–H and O–H groups in total. The highest BCUT2D eigenvalue weighted by Crippen LogP contribution is 2.27. The fraction of sp³-hybridized carbons (Fsp3) is 0.400. The quantitative estimate of drug-likeness (QED) is 0.652. The molecule has 2 heteroatoms. The van der Waals surface area contributed by atoms with Gasteiger partial charge in [0.05, 0.1) is 0 Å². The number of hydrogen-bond acceptors (Lipinski definition) is 2. The van der Waals surface area contributed by atoms with Crippen molar-refractivity contribution in [3.63, 3.8) is 0 Å². The van der Waals surface area contributed by atoms with Gasteiger partial charge >= 0.3 is 0 Å². The lowest BCUT2D eigenvalue weighted by Crippen LogP contribution is -2.10. The highest BCUT2D eigenvalue weighted by atomic mass is 32.1. The van der Waals surface area contributed by atoms with Crippen LogP contribution in [-0.2, 0) is 0 Å². The monoisotopic (exact) mass is 181 g/mol. The first-order chi connectivity index (χ1) is 5.54. The zero-order chi connectivity index (χ0) is 9.30. The van der Waals surface area contributed by atoms with E-state index in [1.54, 1.807) is 0 Å². The molecule has 0 amide bonds. The normalized spacial score (nSPS) is 10.1. The van der Waals surface area contributed by atoms with Gasteiger partial charge in [-0.3, -0.25) is 0 Å². The minimum atomic E-state index is 1.08. The van der Waals surface area contributed by atoms with Crippen LogP contribution < -0.4 is 4.90 Å². The first-order valence-electron chi connectivity index (χ1n) is 4.00. The molecule has 1 aromatic carbocycles. The lowest BCUT2D eigenvalue weighted by Gasteiger charge is -2.17. The molecular weight excluding hydrogens is 166 g/mol. The van der Waals surface area contributed by atoms with E-state index in [4.69, 9.17) is 0 Å². The minimum absolute atomic E-state index is 1.08. The molecule has 0 aromatic heterocycles. The van der Waals surface area contributed by atoms with Crippen LogP contribution in [0.15, 0.2) is 17.0 Å². The lowest BCUT2D eigenvalue weighted by atomic mass is 10.1. The van der Waals surface area contributed by atoms with E-state index in [9.17, 15) is 0 Å². The topological polar surface area (TPSA) is 3.24 Å². The summed E-state index contributed by atoms with van der Waals surface area (Å²) < 4.78 is 0. The molecule has 1 nitrogen and oxygen atoms in total. The zero-order valence-electron chi connectivity index (χ0n) is 8.05. The summed E-state index contributed by atoms with van der Waals surface area (Å²) in [5, 5.41) is 0. The second-order valence-electron chi connectivity index (χ2n) is 3.27. The molecule has 0 atom stereocenters. The van der Waals surface area contributed by atoms with Gasteiger partial charge in [0.25, 0.3) is 0 Å². The minimum Gasteiger partial charge on any atom is -0.377 e. The third kappa shape index (κ3) is 1.58. The van der Waals surface area contributed by atoms with Crippen molar-refractivity contribution in [1.82, 2.24) is 0 Å². The van der Waals surface area contributed by atoms with Crippen LogP contribution in [0.4, 0.5) is 5.69 Å². The molecule has 1 rings (SSSR count). The number of anilines is 1. The Bertz CT molecular complexity index is 292. The zero-order valence-corrected chi connectivity index (χ0v) is 8.94. The van der Waals surface area contributed by atoms with Crippen LogP contribution in [0.5, 0.6) is 0 Å². The fourth-order valence-corrected chi connectivity index (χ4v) is 1.60. The molecule has 0 heterocycles. The maximum atomic E-state index is 4.48. The Balaban J connectivity index is 3.27. The Labute approximate surface area is 79.8 Å². The van der Waals surface area contributed by atoms with Crippen molar-refractivity contribution < 1.29 is 0 Å². The number of thiol groups is 1. The van der Waals surface area contributed by atoms with Crippen LogP contribution in [0.25, 0.3) is 0 Å². The Morgan fingerprint density at radius 3 is 2.25 bits per heavy atom. The second-order valence-corrected chi connectivity index (χ2v) is 3.72. The molecule has 12 heavy (non-hydrogen) atoms. The Kier molecular flexibility index (Phi) is 2.68. The van der Waals surface area contributed by atoms with Gasteiger partial charge in [0.2, 0.25) is 0 Å². The van der Waals surface area contributed by atoms with Crippen LogP contribution in [0.1, 0.15) is 11.1 Å². The molecule has 0 saturated heterocycles. The summed E-state index contributed by atoms with van der Waals surface area (Å²) in [7, 11) is 4.06. The number of benzene rings is 1. The highest BCUT2D eigenvalue weighted by molar-refractivity contribution is 7.80. The van der Waals surface area contributed by atoms with E-state index in [1.165, 1.54) is 16.8 Å². The van der Waals surface area contributed by atoms with Gasteiger partial charge in [0.1, 0.15) is 0 Å². The molecule has 0 spiro atoms. The van der Waals surface area contributed by atoms with Crippen molar-refractivity contribution in [2.24, 2.45) is 0 Å². The third-order valence-corrected chi connectivity index (χ3v) is 2.73. The molecule has 0 aliphatic heterocycles. The van der Waals surface area contributed by atoms with Crippen LogP contribution in [0.2, 0.25) is 0 Å². The smallest absolute Gasteiger partial charge is 0.0499 e. The van der Waals surface area contributed by atoms with Crippen molar-refractivity contribution in [2.45, 2.75) is 18.7 Å². The van der Waals surface area contributed by atoms with Gasteiger partial charge in [-0.15, -0.1) is 12.6 Å². The second kappa shape index (κ2) is 3.40. The van der Waals surface area contributed by atoms with Crippen molar-refractivity contribution >= 4 is 18.3 Å². The molecule has 1 aromatic rings. The van der Waals surface area contributed by atoms with Gasteiger partial charge in [-0.25, -0.2) is 0 Å². The van der Waals surface area contributed by atoms with E-state index >= 15 is 0 Å². The SMILES string of the molecule is Cc1ccc(N(C)C)c(S)c1C. The molecule has 0 unspecified atom stereocenters. The Hall–Kier alpha value is -0.630. The Morgan fingerprint density at radius 2 is 1.75 bits per heavy atom. The number of rotatable bonds is 1. The lowest BCUT2D eigenvalue weighted by molar-refractivity contribution is 1.08. The highest BCUT2D eigenvalue weighted by Gasteiger charge is 2.04. The van der Waals surface area contributed by atoms with Gasteiger partial charge < -0.3 is 4.90 Å². The molecule has 66 valence electrons. The van der Waals surface area contributed by atoms with E-state index in [2.05, 4.69) is 43.5 Å². The maximum absolute atomic E-state index is 4.48. The Morgan fingerprint density at radius 1 is 1.17 bits per heavy atom. The van der Waals surface area contributed by atoms with E-state index in [0.717, 1.165) is 4.90 Å². The van der Waals surface area contributed by atoms with Gasteiger partial charge in [0.15, 0.2) is 0 Å². The van der Waals surface area contributed by atoms with Gasteiger partial charge in [0, 0.05) is 24.7 Å². The van der Waals surface area contributed by atoms with E-state index in [-0.39, 0.29) is 0 Å². The fourth-order valence-electron chi connectivity index (χ4n) is 1.15. The summed E-state index contributed by atoms with van der Waals surface area (Å²) >= 11 is 4.48. The van der Waals surface area contributed by atoms with Crippen LogP contribution in [0.3, 0.4) is 0 Å². The van der Waals surface area contributed by atoms with E-state index in [1.807, 2.05) is 14.1 Å². The molecule has 0 fully saturated rings. The van der Waals surface area contributed by atoms with Gasteiger partial charge in [-0.2, -0.15) is 0 Å². The average Bonchev–Trinajstić information content (AvgIpc) is 2.00. The van der Waals surface area contributed by atoms with Crippen LogP contribution >= 0.6 is 12.6 Å². The van der Waals surface area contributed by atoms with Gasteiger partial charge in [-0.05, 0) is 31.0 Å². The van der Waals surface area contributed by atoms with Gasteiger partial charge in [-0.1, -0.05) is 6.07 Å². The number of hydrogen-bond donors (Lipinski definition) is 1. The summed E-state index contributed by atoms with van der Waals surface area (Å²) in [6, 6.07) is 4.23. The van der Waals surface area contributed by atoms with Crippen molar-refractivity contribution in [2.75, 3.05) is 19.0 Å². The molecular formula is C10H15NS. The van der Waals surface area contributed by atoms with Crippen LogP contribution in [0, 0.1) is 13.8 Å². The number of aryl methyl sites for hydroxylation is 1. The molecule has 0 bridgehead atoms. The maximum Gasteiger partial charge on any atom is 0.0499 e. The standard InChI is InChI=1S/C10H15NS/c1-7-5-6-9(11(3)4)10(12)8(7)2/h5-6,12H,1-4H3. The predicted molar refractivity (Wildman–Crippen MR) is 57.5 cm³/mol. The van der Waals surface area contributed by atoms with E-state index in [0.29, 0.717) is 0 Å². The third-order valence-electron chi connectivity index (χ3n) is 2.16. The summed E-state index contributed by atoms with van der Waals surface area (Å²) in [6.45, 7) is 4.21. The largest absolute Gasteiger partial charge is 0.377 e. The first-order valence-corrected chi connectivity index (χ1v) is 4.45. The molecule has 0 aliphatic rings. The summed E-state index contributed by atoms with van der Waals surface area (Å²) in [5.74, 6) is 0. The summed E-state index contributed by atoms with van der Waals surface area (Å²) in [6.07, 6.45) is 0. The molecule has 0 aliphatic carbocycles. The van der Waals surface area contributed by atoms with E-state index < -0.39 is 0 Å². The average molecular weight is 181 g/mol. The first kappa shape index (κ1) is 9.46.